The van der Waals surface area contributed by atoms with Crippen LogP contribution in [0.25, 0.3) is 0 Å². The standard InChI is InChI=1S/C10H10FN3OS2/c11-7-2-1-3-8(6-7)15-4-5-16-10-14-13-9(12)17-10/h1-3,6H,4-5H2,(H2,12,13). The first-order valence-electron chi connectivity index (χ1n) is 4.84. The molecule has 1 heterocycles. The van der Waals surface area contributed by atoms with Crippen LogP contribution in [-0.2, 0) is 0 Å². The van der Waals surface area contributed by atoms with E-state index in [1.165, 1.54) is 35.2 Å². The Labute approximate surface area is 106 Å². The lowest BCUT2D eigenvalue weighted by Gasteiger charge is -2.04. The molecule has 0 aliphatic carbocycles. The molecule has 2 aromatic rings. The predicted molar refractivity (Wildman–Crippen MR) is 66.9 cm³/mol. The van der Waals surface area contributed by atoms with Crippen molar-refractivity contribution in [1.82, 2.24) is 10.2 Å². The molecule has 90 valence electrons. The molecule has 0 unspecified atom stereocenters. The Hall–Kier alpha value is -1.34. The minimum absolute atomic E-state index is 0.299. The highest BCUT2D eigenvalue weighted by molar-refractivity contribution is 8.01. The first kappa shape index (κ1) is 12.1. The molecule has 0 bridgehead atoms. The number of nitrogen functional groups attached to an aromatic ring is 1. The van der Waals surface area contributed by atoms with Crippen LogP contribution in [0, 0.1) is 5.82 Å². The van der Waals surface area contributed by atoms with Crippen molar-refractivity contribution < 1.29 is 9.13 Å². The molecule has 17 heavy (non-hydrogen) atoms. The number of thioether (sulfide) groups is 1. The number of benzene rings is 1. The van der Waals surface area contributed by atoms with E-state index in [2.05, 4.69) is 10.2 Å². The number of ether oxygens (including phenoxy) is 1. The van der Waals surface area contributed by atoms with E-state index in [1.807, 2.05) is 0 Å². The van der Waals surface area contributed by atoms with Crippen molar-refractivity contribution in [3.63, 3.8) is 0 Å². The summed E-state index contributed by atoms with van der Waals surface area (Å²) in [6, 6.07) is 6.07. The van der Waals surface area contributed by atoms with Crippen LogP contribution >= 0.6 is 23.1 Å². The van der Waals surface area contributed by atoms with Gasteiger partial charge < -0.3 is 10.5 Å². The quantitative estimate of drug-likeness (QED) is 0.668. The van der Waals surface area contributed by atoms with Gasteiger partial charge in [0.1, 0.15) is 11.6 Å². The second kappa shape index (κ2) is 5.83. The Morgan fingerprint density at radius 1 is 1.41 bits per heavy atom. The zero-order chi connectivity index (χ0) is 12.1. The van der Waals surface area contributed by atoms with E-state index in [1.54, 1.807) is 12.1 Å². The summed E-state index contributed by atoms with van der Waals surface area (Å²) in [6.45, 7) is 0.480. The molecule has 1 aromatic carbocycles. The van der Waals surface area contributed by atoms with Gasteiger partial charge in [-0.2, -0.15) is 0 Å². The third-order valence-electron chi connectivity index (χ3n) is 1.80. The zero-order valence-electron chi connectivity index (χ0n) is 8.80. The van der Waals surface area contributed by atoms with Crippen LogP contribution in [0.15, 0.2) is 28.6 Å². The number of anilines is 1. The summed E-state index contributed by atoms with van der Waals surface area (Å²) in [7, 11) is 0. The highest BCUT2D eigenvalue weighted by atomic mass is 32.2. The van der Waals surface area contributed by atoms with Crippen molar-refractivity contribution in [2.45, 2.75) is 4.34 Å². The van der Waals surface area contributed by atoms with Gasteiger partial charge in [0.05, 0.1) is 6.61 Å². The SMILES string of the molecule is Nc1nnc(SCCOc2cccc(F)c2)s1. The Kier molecular flexibility index (Phi) is 4.16. The van der Waals surface area contributed by atoms with Crippen LogP contribution in [0.4, 0.5) is 9.52 Å². The normalized spacial score (nSPS) is 10.4. The van der Waals surface area contributed by atoms with E-state index in [4.69, 9.17) is 10.5 Å². The van der Waals surface area contributed by atoms with Gasteiger partial charge in [0.25, 0.3) is 0 Å². The second-order valence-electron chi connectivity index (χ2n) is 3.06. The monoisotopic (exact) mass is 271 g/mol. The van der Waals surface area contributed by atoms with Crippen LogP contribution in [0.2, 0.25) is 0 Å². The Balaban J connectivity index is 1.73. The Morgan fingerprint density at radius 2 is 2.29 bits per heavy atom. The lowest BCUT2D eigenvalue weighted by atomic mass is 10.3. The summed E-state index contributed by atoms with van der Waals surface area (Å²) in [5.74, 6) is 0.944. The highest BCUT2D eigenvalue weighted by Gasteiger charge is 2.01. The number of nitrogens with two attached hydrogens (primary N) is 1. The molecule has 0 atom stereocenters. The molecule has 2 N–H and O–H groups in total. The number of nitrogens with zero attached hydrogens (tertiary/aromatic N) is 2. The average Bonchev–Trinajstić information content (AvgIpc) is 2.71. The van der Waals surface area contributed by atoms with E-state index in [0.29, 0.717) is 23.2 Å². The van der Waals surface area contributed by atoms with Gasteiger partial charge in [0.15, 0.2) is 4.34 Å². The first-order chi connectivity index (χ1) is 8.24. The summed E-state index contributed by atoms with van der Waals surface area (Å²) in [4.78, 5) is 0. The summed E-state index contributed by atoms with van der Waals surface area (Å²) >= 11 is 2.85. The molecule has 0 saturated heterocycles. The molecule has 0 aliphatic heterocycles. The van der Waals surface area contributed by atoms with Gasteiger partial charge in [-0.1, -0.05) is 29.2 Å². The van der Waals surface area contributed by atoms with Crippen LogP contribution in [0.3, 0.4) is 0 Å². The van der Waals surface area contributed by atoms with Crippen molar-refractivity contribution >= 4 is 28.2 Å². The predicted octanol–water partition coefficient (Wildman–Crippen LogP) is 2.43. The smallest absolute Gasteiger partial charge is 0.203 e. The van der Waals surface area contributed by atoms with E-state index >= 15 is 0 Å². The molecular weight excluding hydrogens is 261 g/mol. The fraction of sp³-hybridized carbons (Fsp3) is 0.200. The number of hydrogen-bond acceptors (Lipinski definition) is 6. The minimum atomic E-state index is -0.299. The van der Waals surface area contributed by atoms with Gasteiger partial charge in [0, 0.05) is 11.8 Å². The third kappa shape index (κ3) is 3.86. The van der Waals surface area contributed by atoms with Gasteiger partial charge in [-0.15, -0.1) is 10.2 Å². The molecular formula is C10H10FN3OS2. The van der Waals surface area contributed by atoms with Crippen LogP contribution in [-0.4, -0.2) is 22.6 Å². The second-order valence-corrected chi connectivity index (χ2v) is 5.41. The highest BCUT2D eigenvalue weighted by Crippen LogP contribution is 2.23. The fourth-order valence-electron chi connectivity index (χ4n) is 1.12. The van der Waals surface area contributed by atoms with Gasteiger partial charge >= 0.3 is 0 Å². The third-order valence-corrected chi connectivity index (χ3v) is 3.65. The number of aromatic nitrogens is 2. The van der Waals surface area contributed by atoms with Gasteiger partial charge in [-0.25, -0.2) is 4.39 Å². The maximum absolute atomic E-state index is 12.8. The zero-order valence-corrected chi connectivity index (χ0v) is 10.4. The molecule has 0 spiro atoms. The lowest BCUT2D eigenvalue weighted by Crippen LogP contribution is -2.00. The van der Waals surface area contributed by atoms with Crippen molar-refractivity contribution in [3.05, 3.63) is 30.1 Å². The van der Waals surface area contributed by atoms with Crippen molar-refractivity contribution in [2.24, 2.45) is 0 Å². The van der Waals surface area contributed by atoms with E-state index in [0.717, 1.165) is 4.34 Å². The number of hydrogen-bond donors (Lipinski definition) is 1. The molecule has 2 rings (SSSR count). The van der Waals surface area contributed by atoms with Crippen molar-refractivity contribution in [2.75, 3.05) is 18.1 Å². The summed E-state index contributed by atoms with van der Waals surface area (Å²) < 4.78 is 19.0. The van der Waals surface area contributed by atoms with E-state index < -0.39 is 0 Å². The van der Waals surface area contributed by atoms with E-state index in [9.17, 15) is 4.39 Å². The number of halogens is 1. The van der Waals surface area contributed by atoms with Gasteiger partial charge in [-0.3, -0.25) is 0 Å². The molecule has 0 fully saturated rings. The van der Waals surface area contributed by atoms with E-state index in [-0.39, 0.29) is 5.82 Å². The number of rotatable bonds is 5. The average molecular weight is 271 g/mol. The molecule has 0 aliphatic rings. The van der Waals surface area contributed by atoms with Crippen LogP contribution < -0.4 is 10.5 Å². The Morgan fingerprint density at radius 3 is 3.00 bits per heavy atom. The van der Waals surface area contributed by atoms with Crippen molar-refractivity contribution in [3.8, 4) is 5.75 Å². The maximum atomic E-state index is 12.8. The van der Waals surface area contributed by atoms with Gasteiger partial charge in [-0.05, 0) is 12.1 Å². The lowest BCUT2D eigenvalue weighted by molar-refractivity contribution is 0.342. The topological polar surface area (TPSA) is 61.0 Å². The van der Waals surface area contributed by atoms with Crippen LogP contribution in [0.5, 0.6) is 5.75 Å². The summed E-state index contributed by atoms with van der Waals surface area (Å²) in [6.07, 6.45) is 0. The van der Waals surface area contributed by atoms with Crippen molar-refractivity contribution in [1.29, 1.82) is 0 Å². The largest absolute Gasteiger partial charge is 0.493 e. The maximum Gasteiger partial charge on any atom is 0.203 e. The first-order valence-corrected chi connectivity index (χ1v) is 6.64. The fourth-order valence-corrected chi connectivity index (χ4v) is 2.65. The molecule has 7 heteroatoms. The Bertz CT molecular complexity index is 492. The van der Waals surface area contributed by atoms with Gasteiger partial charge in [0.2, 0.25) is 5.13 Å². The molecule has 0 amide bonds. The van der Waals surface area contributed by atoms with Crippen LogP contribution in [0.1, 0.15) is 0 Å². The molecule has 0 radical (unpaired) electrons. The summed E-state index contributed by atoms with van der Waals surface area (Å²) in [5, 5.41) is 8.02. The molecule has 1 aromatic heterocycles. The minimum Gasteiger partial charge on any atom is -0.493 e. The molecule has 4 nitrogen and oxygen atoms in total. The molecule has 0 saturated carbocycles. The summed E-state index contributed by atoms with van der Waals surface area (Å²) in [5.41, 5.74) is 5.45.